The minimum atomic E-state index is 0.0710. The number of amides is 1. The summed E-state index contributed by atoms with van der Waals surface area (Å²) in [6.45, 7) is 2.89. The Morgan fingerprint density at radius 1 is 1.36 bits per heavy atom. The number of nitrogens with one attached hydrogen (secondary N) is 1. The standard InChI is InChI=1S/C17H23N3OS/c1-13-7-8-14(12-20(2)3)11-15(13)19-16(21)5-4-6-17-18-9-10-22-17/h7-11H,4-6,12H2,1-3H3,(H,19,21). The van der Waals surface area contributed by atoms with Gasteiger partial charge in [-0.3, -0.25) is 4.79 Å². The number of nitrogens with zero attached hydrogens (tertiary/aromatic N) is 2. The highest BCUT2D eigenvalue weighted by atomic mass is 32.1. The van der Waals surface area contributed by atoms with Crippen LogP contribution in [0.5, 0.6) is 0 Å². The van der Waals surface area contributed by atoms with E-state index in [1.54, 1.807) is 17.5 Å². The molecule has 1 heterocycles. The van der Waals surface area contributed by atoms with E-state index in [1.165, 1.54) is 5.56 Å². The molecule has 118 valence electrons. The van der Waals surface area contributed by atoms with Crippen molar-refractivity contribution in [2.24, 2.45) is 0 Å². The van der Waals surface area contributed by atoms with Crippen LogP contribution in [0, 0.1) is 6.92 Å². The Bertz CT molecular complexity index is 608. The number of carbonyl (C=O) groups is 1. The smallest absolute Gasteiger partial charge is 0.224 e. The van der Waals surface area contributed by atoms with Crippen molar-refractivity contribution in [2.45, 2.75) is 32.7 Å². The lowest BCUT2D eigenvalue weighted by Crippen LogP contribution is -2.14. The molecular formula is C17H23N3OS. The van der Waals surface area contributed by atoms with Gasteiger partial charge in [0.15, 0.2) is 0 Å². The highest BCUT2D eigenvalue weighted by Crippen LogP contribution is 2.18. The lowest BCUT2D eigenvalue weighted by atomic mass is 10.1. The molecule has 2 aromatic rings. The summed E-state index contributed by atoms with van der Waals surface area (Å²) in [5.74, 6) is 0.0710. The van der Waals surface area contributed by atoms with Gasteiger partial charge in [0, 0.05) is 30.2 Å². The Morgan fingerprint density at radius 2 is 2.18 bits per heavy atom. The Kier molecular flexibility index (Phi) is 6.10. The molecule has 4 nitrogen and oxygen atoms in total. The molecule has 0 saturated carbocycles. The quantitative estimate of drug-likeness (QED) is 0.850. The van der Waals surface area contributed by atoms with E-state index >= 15 is 0 Å². The average Bonchev–Trinajstić information content (AvgIpc) is 2.95. The van der Waals surface area contributed by atoms with Crippen LogP contribution in [0.15, 0.2) is 29.8 Å². The molecule has 0 aliphatic carbocycles. The molecule has 22 heavy (non-hydrogen) atoms. The molecule has 0 aliphatic heterocycles. The Morgan fingerprint density at radius 3 is 2.86 bits per heavy atom. The molecule has 0 unspecified atom stereocenters. The molecule has 1 amide bonds. The third-order valence-corrected chi connectivity index (χ3v) is 4.19. The largest absolute Gasteiger partial charge is 0.326 e. The van der Waals surface area contributed by atoms with Crippen molar-refractivity contribution in [3.05, 3.63) is 45.9 Å². The van der Waals surface area contributed by atoms with Crippen molar-refractivity contribution in [2.75, 3.05) is 19.4 Å². The first-order valence-corrected chi connectivity index (χ1v) is 8.35. The van der Waals surface area contributed by atoms with Crippen LogP contribution in [0.4, 0.5) is 5.69 Å². The normalized spacial score (nSPS) is 10.9. The molecule has 1 aromatic carbocycles. The van der Waals surface area contributed by atoms with Gasteiger partial charge in [0.25, 0.3) is 0 Å². The lowest BCUT2D eigenvalue weighted by Gasteiger charge is -2.13. The molecule has 0 atom stereocenters. The molecule has 0 spiro atoms. The summed E-state index contributed by atoms with van der Waals surface area (Å²) in [6.07, 6.45) is 4.02. The molecule has 0 saturated heterocycles. The van der Waals surface area contributed by atoms with E-state index in [-0.39, 0.29) is 5.91 Å². The van der Waals surface area contributed by atoms with Gasteiger partial charge in [0.2, 0.25) is 5.91 Å². The average molecular weight is 317 g/mol. The molecule has 2 rings (SSSR count). The van der Waals surface area contributed by atoms with Gasteiger partial charge in [-0.05, 0) is 51.1 Å². The summed E-state index contributed by atoms with van der Waals surface area (Å²) in [4.78, 5) is 18.4. The molecule has 0 aliphatic rings. The van der Waals surface area contributed by atoms with Gasteiger partial charge >= 0.3 is 0 Å². The number of carbonyl (C=O) groups excluding carboxylic acids is 1. The minimum absolute atomic E-state index is 0.0710. The summed E-state index contributed by atoms with van der Waals surface area (Å²) in [7, 11) is 4.08. The second-order valence-corrected chi connectivity index (χ2v) is 6.69. The van der Waals surface area contributed by atoms with Crippen LogP contribution in [0.3, 0.4) is 0 Å². The van der Waals surface area contributed by atoms with Crippen molar-refractivity contribution in [3.8, 4) is 0 Å². The van der Waals surface area contributed by atoms with E-state index in [9.17, 15) is 4.79 Å². The Hall–Kier alpha value is -1.72. The molecule has 1 aromatic heterocycles. The van der Waals surface area contributed by atoms with Crippen LogP contribution >= 0.6 is 11.3 Å². The predicted octanol–water partition coefficient (Wildman–Crippen LogP) is 3.47. The zero-order valence-electron chi connectivity index (χ0n) is 13.4. The van der Waals surface area contributed by atoms with Gasteiger partial charge in [0.05, 0.1) is 5.01 Å². The molecule has 0 radical (unpaired) electrons. The highest BCUT2D eigenvalue weighted by molar-refractivity contribution is 7.09. The van der Waals surface area contributed by atoms with E-state index in [1.807, 2.05) is 26.4 Å². The van der Waals surface area contributed by atoms with E-state index in [4.69, 9.17) is 0 Å². The minimum Gasteiger partial charge on any atom is -0.326 e. The number of hydrogen-bond donors (Lipinski definition) is 1. The molecule has 5 heteroatoms. The number of hydrogen-bond acceptors (Lipinski definition) is 4. The molecular weight excluding hydrogens is 294 g/mol. The van der Waals surface area contributed by atoms with Crippen molar-refractivity contribution in [3.63, 3.8) is 0 Å². The number of anilines is 1. The van der Waals surface area contributed by atoms with Gasteiger partial charge in [0.1, 0.15) is 0 Å². The van der Waals surface area contributed by atoms with E-state index in [2.05, 4.69) is 33.4 Å². The van der Waals surface area contributed by atoms with Crippen molar-refractivity contribution in [1.82, 2.24) is 9.88 Å². The monoisotopic (exact) mass is 317 g/mol. The predicted molar refractivity (Wildman–Crippen MR) is 92.3 cm³/mol. The Balaban J connectivity index is 1.87. The number of aryl methyl sites for hydroxylation is 2. The van der Waals surface area contributed by atoms with E-state index < -0.39 is 0 Å². The number of rotatable bonds is 7. The first-order chi connectivity index (χ1) is 10.5. The first-order valence-electron chi connectivity index (χ1n) is 7.47. The van der Waals surface area contributed by atoms with E-state index in [0.717, 1.165) is 35.6 Å². The lowest BCUT2D eigenvalue weighted by molar-refractivity contribution is -0.116. The zero-order valence-corrected chi connectivity index (χ0v) is 14.2. The first kappa shape index (κ1) is 16.6. The van der Waals surface area contributed by atoms with Crippen LogP contribution in [0.1, 0.15) is 29.0 Å². The number of aromatic nitrogens is 1. The summed E-state index contributed by atoms with van der Waals surface area (Å²) >= 11 is 1.64. The van der Waals surface area contributed by atoms with Gasteiger partial charge in [-0.15, -0.1) is 11.3 Å². The summed E-state index contributed by atoms with van der Waals surface area (Å²) < 4.78 is 0. The highest BCUT2D eigenvalue weighted by Gasteiger charge is 2.07. The maximum absolute atomic E-state index is 12.1. The van der Waals surface area contributed by atoms with Gasteiger partial charge < -0.3 is 10.2 Å². The van der Waals surface area contributed by atoms with Crippen LogP contribution < -0.4 is 5.32 Å². The van der Waals surface area contributed by atoms with Gasteiger partial charge in [-0.2, -0.15) is 0 Å². The van der Waals surface area contributed by atoms with Crippen LogP contribution in [-0.4, -0.2) is 29.9 Å². The van der Waals surface area contributed by atoms with Crippen molar-refractivity contribution in [1.29, 1.82) is 0 Å². The maximum Gasteiger partial charge on any atom is 0.224 e. The van der Waals surface area contributed by atoms with Crippen LogP contribution in [-0.2, 0) is 17.8 Å². The van der Waals surface area contributed by atoms with Gasteiger partial charge in [-0.25, -0.2) is 4.98 Å². The fourth-order valence-electron chi connectivity index (χ4n) is 2.26. The molecule has 0 bridgehead atoms. The topological polar surface area (TPSA) is 45.2 Å². The van der Waals surface area contributed by atoms with Crippen molar-refractivity contribution >= 4 is 22.9 Å². The van der Waals surface area contributed by atoms with Crippen LogP contribution in [0.2, 0.25) is 0 Å². The van der Waals surface area contributed by atoms with E-state index in [0.29, 0.717) is 6.42 Å². The van der Waals surface area contributed by atoms with Crippen molar-refractivity contribution < 1.29 is 4.79 Å². The zero-order chi connectivity index (χ0) is 15.9. The second kappa shape index (κ2) is 8.06. The maximum atomic E-state index is 12.1. The molecule has 0 fully saturated rings. The summed E-state index contributed by atoms with van der Waals surface area (Å²) in [5.41, 5.74) is 3.21. The SMILES string of the molecule is Cc1ccc(CN(C)C)cc1NC(=O)CCCc1nccs1. The third kappa shape index (κ3) is 5.24. The van der Waals surface area contributed by atoms with Crippen LogP contribution in [0.25, 0.3) is 0 Å². The fraction of sp³-hybridized carbons (Fsp3) is 0.412. The third-order valence-electron chi connectivity index (χ3n) is 3.35. The fourth-order valence-corrected chi connectivity index (χ4v) is 2.92. The molecule has 1 N–H and O–H groups in total. The Labute approximate surface area is 136 Å². The number of thiazole rings is 1. The summed E-state index contributed by atoms with van der Waals surface area (Å²) in [6, 6.07) is 6.23. The second-order valence-electron chi connectivity index (χ2n) is 5.71. The van der Waals surface area contributed by atoms with Gasteiger partial charge in [-0.1, -0.05) is 12.1 Å². The number of benzene rings is 1. The summed E-state index contributed by atoms with van der Waals surface area (Å²) in [5, 5.41) is 6.09.